The normalized spacial score (nSPS) is 16.8. The van der Waals surface area contributed by atoms with Gasteiger partial charge in [-0.2, -0.15) is 5.10 Å². The van der Waals surface area contributed by atoms with Gasteiger partial charge in [0.2, 0.25) is 0 Å². The van der Waals surface area contributed by atoms with Crippen molar-refractivity contribution in [3.8, 4) is 0 Å². The molecule has 0 saturated carbocycles. The zero-order valence-electron chi connectivity index (χ0n) is 20.5. The molecule has 8 nitrogen and oxygen atoms in total. The van der Waals surface area contributed by atoms with Crippen molar-refractivity contribution in [1.82, 2.24) is 30.3 Å². The van der Waals surface area contributed by atoms with Crippen LogP contribution in [0.5, 0.6) is 0 Å². The van der Waals surface area contributed by atoms with E-state index in [-0.39, 0.29) is 30.0 Å². The van der Waals surface area contributed by atoms with Crippen molar-refractivity contribution in [3.63, 3.8) is 0 Å². The number of halogens is 1. The quantitative estimate of drug-likeness (QED) is 0.246. The summed E-state index contributed by atoms with van der Waals surface area (Å²) in [6.07, 6.45) is 2.92. The monoisotopic (exact) mass is 569 g/mol. The topological polar surface area (TPSA) is 79.6 Å². The number of benzene rings is 1. The van der Waals surface area contributed by atoms with Gasteiger partial charge in [-0.05, 0) is 38.4 Å². The Labute approximate surface area is 215 Å². The zero-order valence-corrected chi connectivity index (χ0v) is 22.8. The molecule has 2 atom stereocenters. The highest BCUT2D eigenvalue weighted by Crippen LogP contribution is 2.14. The van der Waals surface area contributed by atoms with E-state index in [9.17, 15) is 0 Å². The molecular weight excluding hydrogens is 529 g/mol. The van der Waals surface area contributed by atoms with Gasteiger partial charge < -0.3 is 15.4 Å². The van der Waals surface area contributed by atoms with Crippen LogP contribution in [0.15, 0.2) is 35.3 Å². The van der Waals surface area contributed by atoms with Gasteiger partial charge in [0.1, 0.15) is 12.4 Å². The Kier molecular flexibility index (Phi) is 12.1. The minimum atomic E-state index is 0. The number of nitrogens with zero attached hydrogens (tertiary/aromatic N) is 5. The van der Waals surface area contributed by atoms with Gasteiger partial charge in [-0.3, -0.25) is 9.89 Å². The lowest BCUT2D eigenvalue weighted by molar-refractivity contribution is 0.177. The molecule has 0 spiro atoms. The standard InChI is InChI=1S/C24H39N7O.HI/c1-5-25-24(27-20-13-14-23-28-22(18-32-4)29-31(23)17-20)26-16-21(30(6-2)7-3)15-19-11-9-8-10-12-19;/h8-12,20-21H,5-7,13-18H2,1-4H3,(H2,25,26,27);1H. The van der Waals surface area contributed by atoms with Crippen molar-refractivity contribution in [3.05, 3.63) is 47.5 Å². The summed E-state index contributed by atoms with van der Waals surface area (Å²) in [5.41, 5.74) is 1.36. The average molecular weight is 570 g/mol. The Morgan fingerprint density at radius 3 is 2.67 bits per heavy atom. The largest absolute Gasteiger partial charge is 0.377 e. The fraction of sp³-hybridized carbons (Fsp3) is 0.625. The summed E-state index contributed by atoms with van der Waals surface area (Å²) in [7, 11) is 1.67. The fourth-order valence-electron chi connectivity index (χ4n) is 4.31. The third-order valence-electron chi connectivity index (χ3n) is 5.96. The predicted octanol–water partition coefficient (Wildman–Crippen LogP) is 2.87. The number of hydrogen-bond acceptors (Lipinski definition) is 5. The number of aliphatic imine (C=N–C) groups is 1. The van der Waals surface area contributed by atoms with Crippen molar-refractivity contribution in [2.24, 2.45) is 4.99 Å². The Bertz CT molecular complexity index is 839. The summed E-state index contributed by atoms with van der Waals surface area (Å²) in [5.74, 6) is 2.68. The fourth-order valence-corrected chi connectivity index (χ4v) is 4.31. The van der Waals surface area contributed by atoms with Crippen molar-refractivity contribution in [2.45, 2.75) is 65.3 Å². The first-order valence-electron chi connectivity index (χ1n) is 11.9. The van der Waals surface area contributed by atoms with Crippen LogP contribution in [0.1, 0.15) is 44.4 Å². The summed E-state index contributed by atoms with van der Waals surface area (Å²) < 4.78 is 7.18. The molecule has 33 heavy (non-hydrogen) atoms. The molecule has 0 saturated heterocycles. The molecule has 0 bridgehead atoms. The number of nitrogens with one attached hydrogen (secondary N) is 2. The van der Waals surface area contributed by atoms with Crippen molar-refractivity contribution in [1.29, 1.82) is 0 Å². The van der Waals surface area contributed by atoms with E-state index in [4.69, 9.17) is 9.73 Å². The van der Waals surface area contributed by atoms with Crippen LogP contribution in [0, 0.1) is 0 Å². The molecule has 184 valence electrons. The highest BCUT2D eigenvalue weighted by Gasteiger charge is 2.23. The molecule has 0 radical (unpaired) electrons. The molecule has 0 aliphatic carbocycles. The molecule has 9 heteroatoms. The van der Waals surface area contributed by atoms with E-state index < -0.39 is 0 Å². The lowest BCUT2D eigenvalue weighted by Gasteiger charge is -2.29. The first-order valence-corrected chi connectivity index (χ1v) is 11.9. The molecule has 1 aromatic carbocycles. The summed E-state index contributed by atoms with van der Waals surface area (Å²) in [6, 6.07) is 11.4. The van der Waals surface area contributed by atoms with Gasteiger partial charge in [-0.1, -0.05) is 44.2 Å². The number of hydrogen-bond donors (Lipinski definition) is 2. The molecule has 1 aliphatic rings. The molecule has 2 unspecified atom stereocenters. The Hall–Kier alpha value is -1.72. The second kappa shape index (κ2) is 14.5. The van der Waals surface area contributed by atoms with Crippen LogP contribution in [-0.2, 0) is 30.7 Å². The number of likely N-dealkylation sites (N-methyl/N-ethyl adjacent to an activating group) is 1. The second-order valence-corrected chi connectivity index (χ2v) is 8.22. The molecule has 2 heterocycles. The van der Waals surface area contributed by atoms with Crippen LogP contribution in [0.25, 0.3) is 0 Å². The van der Waals surface area contributed by atoms with Gasteiger partial charge in [-0.15, -0.1) is 24.0 Å². The molecule has 0 amide bonds. The second-order valence-electron chi connectivity index (χ2n) is 8.22. The number of aromatic nitrogens is 3. The van der Waals surface area contributed by atoms with Gasteiger partial charge >= 0.3 is 0 Å². The number of fused-ring (bicyclic) bond motifs is 1. The first kappa shape index (κ1) is 27.5. The molecule has 0 fully saturated rings. The average Bonchev–Trinajstić information content (AvgIpc) is 3.20. The van der Waals surface area contributed by atoms with Crippen molar-refractivity contribution in [2.75, 3.05) is 33.3 Å². The Balaban J connectivity index is 0.00000385. The van der Waals surface area contributed by atoms with E-state index in [0.29, 0.717) is 12.6 Å². The molecule has 1 aromatic heterocycles. The van der Waals surface area contributed by atoms with Crippen LogP contribution >= 0.6 is 24.0 Å². The minimum absolute atomic E-state index is 0. The zero-order chi connectivity index (χ0) is 22.8. The Morgan fingerprint density at radius 1 is 1.24 bits per heavy atom. The summed E-state index contributed by atoms with van der Waals surface area (Å²) >= 11 is 0. The van der Waals surface area contributed by atoms with E-state index in [0.717, 1.165) is 69.6 Å². The maximum absolute atomic E-state index is 5.18. The van der Waals surface area contributed by atoms with E-state index in [1.807, 2.05) is 4.68 Å². The smallest absolute Gasteiger partial charge is 0.191 e. The minimum Gasteiger partial charge on any atom is -0.377 e. The van der Waals surface area contributed by atoms with E-state index >= 15 is 0 Å². The van der Waals surface area contributed by atoms with E-state index in [1.54, 1.807) is 7.11 Å². The highest BCUT2D eigenvalue weighted by atomic mass is 127. The summed E-state index contributed by atoms with van der Waals surface area (Å²) in [5, 5.41) is 11.6. The predicted molar refractivity (Wildman–Crippen MR) is 144 cm³/mol. The lowest BCUT2D eigenvalue weighted by Crippen LogP contribution is -2.48. The van der Waals surface area contributed by atoms with Crippen molar-refractivity contribution >= 4 is 29.9 Å². The van der Waals surface area contributed by atoms with E-state index in [2.05, 4.69) is 76.7 Å². The van der Waals surface area contributed by atoms with Gasteiger partial charge in [0.05, 0.1) is 13.1 Å². The van der Waals surface area contributed by atoms with E-state index in [1.165, 1.54) is 5.56 Å². The number of guanidine groups is 1. The Morgan fingerprint density at radius 2 is 2.00 bits per heavy atom. The van der Waals surface area contributed by atoms with Gasteiger partial charge in [0.15, 0.2) is 11.8 Å². The SMILES string of the molecule is CCNC(=NCC(Cc1ccccc1)N(CC)CC)NC1CCc2nc(COC)nn2C1.I. The maximum atomic E-state index is 5.18. The maximum Gasteiger partial charge on any atom is 0.191 e. The molecule has 2 aromatic rings. The number of rotatable bonds is 11. The van der Waals surface area contributed by atoms with Gasteiger partial charge in [0, 0.05) is 32.2 Å². The van der Waals surface area contributed by atoms with Crippen molar-refractivity contribution < 1.29 is 4.74 Å². The van der Waals surface area contributed by atoms with Gasteiger partial charge in [-0.25, -0.2) is 9.67 Å². The molecule has 1 aliphatic heterocycles. The number of aryl methyl sites for hydroxylation is 1. The lowest BCUT2D eigenvalue weighted by atomic mass is 10.0. The first-order chi connectivity index (χ1) is 15.7. The molecule has 3 rings (SSSR count). The molecular formula is C24H40IN7O. The third-order valence-corrected chi connectivity index (χ3v) is 5.96. The van der Waals surface area contributed by atoms with Gasteiger partial charge in [0.25, 0.3) is 0 Å². The van der Waals surface area contributed by atoms with Crippen LogP contribution in [-0.4, -0.2) is 71.0 Å². The highest BCUT2D eigenvalue weighted by molar-refractivity contribution is 14.0. The molecule has 2 N–H and O–H groups in total. The third kappa shape index (κ3) is 8.22. The van der Waals surface area contributed by atoms with Crippen LogP contribution in [0.2, 0.25) is 0 Å². The number of ether oxygens (including phenoxy) is 1. The van der Waals surface area contributed by atoms with Crippen LogP contribution < -0.4 is 10.6 Å². The number of methoxy groups -OCH3 is 1. The van der Waals surface area contributed by atoms with Crippen LogP contribution in [0.3, 0.4) is 0 Å². The summed E-state index contributed by atoms with van der Waals surface area (Å²) in [6.45, 7) is 11.4. The van der Waals surface area contributed by atoms with Crippen LogP contribution in [0.4, 0.5) is 0 Å². The summed E-state index contributed by atoms with van der Waals surface area (Å²) in [4.78, 5) is 12.1.